The van der Waals surface area contributed by atoms with Crippen molar-refractivity contribution in [3.05, 3.63) is 84.2 Å². The Morgan fingerprint density at radius 3 is 2.79 bits per heavy atom. The van der Waals surface area contributed by atoms with Crippen LogP contribution in [-0.4, -0.2) is 41.4 Å². The lowest BCUT2D eigenvalue weighted by Crippen LogP contribution is -2.31. The minimum Gasteiger partial charge on any atom is -0.293 e. The Kier molecular flexibility index (Phi) is 4.34. The molecule has 7 nitrogen and oxygen atoms in total. The van der Waals surface area contributed by atoms with Gasteiger partial charge in [-0.05, 0) is 24.3 Å². The third-order valence-electron chi connectivity index (χ3n) is 4.88. The van der Waals surface area contributed by atoms with Gasteiger partial charge in [0.05, 0.1) is 23.3 Å². The molecule has 0 radical (unpaired) electrons. The molecule has 0 aliphatic carbocycles. The van der Waals surface area contributed by atoms with E-state index in [0.29, 0.717) is 0 Å². The Morgan fingerprint density at radius 2 is 1.93 bits per heavy atom. The van der Waals surface area contributed by atoms with E-state index in [0.717, 1.165) is 54.5 Å². The summed E-state index contributed by atoms with van der Waals surface area (Å²) in [6.07, 6.45) is 8.39. The molecule has 4 aromatic rings. The number of hydrogen-bond donors (Lipinski definition) is 0. The topological polar surface area (TPSA) is 72.6 Å². The fraction of sp³-hybridized carbons (Fsp3) is 0.190. The summed E-state index contributed by atoms with van der Waals surface area (Å²) in [6.45, 7) is 2.52. The number of fused-ring (bicyclic) bond motifs is 1. The van der Waals surface area contributed by atoms with Gasteiger partial charge in [0.1, 0.15) is 0 Å². The summed E-state index contributed by atoms with van der Waals surface area (Å²) in [6, 6.07) is 13.9. The highest BCUT2D eigenvalue weighted by Crippen LogP contribution is 2.21. The molecular weight excluding hydrogens is 350 g/mol. The van der Waals surface area contributed by atoms with Crippen LogP contribution in [0.15, 0.2) is 67.3 Å². The Bertz CT molecular complexity index is 1080. The quantitative estimate of drug-likeness (QED) is 0.551. The molecule has 4 heterocycles. The summed E-state index contributed by atoms with van der Waals surface area (Å²) in [4.78, 5) is 15.8. The number of rotatable bonds is 4. The third-order valence-corrected chi connectivity index (χ3v) is 4.88. The molecule has 28 heavy (non-hydrogen) atoms. The molecule has 0 atom stereocenters. The number of nitrogens with zero attached hydrogens (tertiary/aromatic N) is 7. The second kappa shape index (κ2) is 7.28. The van der Waals surface area contributed by atoms with E-state index in [2.05, 4.69) is 25.2 Å². The lowest BCUT2D eigenvalue weighted by atomic mass is 10.1. The van der Waals surface area contributed by atoms with Crippen molar-refractivity contribution >= 4 is 0 Å². The highest BCUT2D eigenvalue weighted by molar-refractivity contribution is 5.53. The van der Waals surface area contributed by atoms with Gasteiger partial charge in [-0.15, -0.1) is 5.10 Å². The van der Waals surface area contributed by atoms with Gasteiger partial charge in [-0.25, -0.2) is 14.6 Å². The molecule has 0 saturated heterocycles. The van der Waals surface area contributed by atoms with Crippen LogP contribution in [0.3, 0.4) is 0 Å². The molecule has 0 saturated carbocycles. The summed E-state index contributed by atoms with van der Waals surface area (Å²) < 4.78 is 1.82. The first-order chi connectivity index (χ1) is 13.8. The number of hydrogen-bond acceptors (Lipinski definition) is 6. The molecule has 1 aliphatic rings. The standard InChI is InChI=1S/C21H19N7/c1-2-6-19(7-3-1)28-15-18(25-26-28)14-27-10-8-20-17(13-27)12-23-21(24-20)16-5-4-9-22-11-16/h1-7,9,11-12,15H,8,10,13-14H2. The molecule has 0 N–H and O–H groups in total. The van der Waals surface area contributed by atoms with Crippen molar-refractivity contribution in [2.75, 3.05) is 6.54 Å². The highest BCUT2D eigenvalue weighted by atomic mass is 15.4. The summed E-state index contributed by atoms with van der Waals surface area (Å²) in [7, 11) is 0. The van der Waals surface area contributed by atoms with Crippen LogP contribution < -0.4 is 0 Å². The lowest BCUT2D eigenvalue weighted by Gasteiger charge is -2.27. The molecule has 3 aromatic heterocycles. The van der Waals surface area contributed by atoms with Crippen LogP contribution in [0.1, 0.15) is 17.0 Å². The van der Waals surface area contributed by atoms with Crippen molar-refractivity contribution in [1.29, 1.82) is 0 Å². The van der Waals surface area contributed by atoms with Crippen molar-refractivity contribution in [3.63, 3.8) is 0 Å². The third kappa shape index (κ3) is 3.39. The SMILES string of the molecule is c1ccc(-n2cc(CN3CCc4nc(-c5cccnc5)ncc4C3)nn2)cc1. The zero-order chi connectivity index (χ0) is 18.8. The normalized spacial score (nSPS) is 14.0. The average molecular weight is 369 g/mol. The second-order valence-electron chi connectivity index (χ2n) is 6.86. The van der Waals surface area contributed by atoms with E-state index >= 15 is 0 Å². The Morgan fingerprint density at radius 1 is 1.00 bits per heavy atom. The van der Waals surface area contributed by atoms with Crippen LogP contribution in [0, 0.1) is 0 Å². The van der Waals surface area contributed by atoms with Crippen LogP contribution in [0.5, 0.6) is 0 Å². The zero-order valence-electron chi connectivity index (χ0n) is 15.3. The maximum absolute atomic E-state index is 4.76. The van der Waals surface area contributed by atoms with Crippen molar-refractivity contribution in [2.24, 2.45) is 0 Å². The van der Waals surface area contributed by atoms with Crippen molar-refractivity contribution < 1.29 is 0 Å². The van der Waals surface area contributed by atoms with Crippen molar-refractivity contribution in [1.82, 2.24) is 34.8 Å². The number of pyridine rings is 1. The molecule has 5 rings (SSSR count). The molecular formula is C21H19N7. The Labute approximate surface area is 162 Å². The molecule has 0 amide bonds. The van der Waals surface area contributed by atoms with E-state index in [9.17, 15) is 0 Å². The van der Waals surface area contributed by atoms with Gasteiger partial charge in [-0.3, -0.25) is 9.88 Å². The molecule has 1 aromatic carbocycles. The zero-order valence-corrected chi connectivity index (χ0v) is 15.3. The van der Waals surface area contributed by atoms with E-state index in [1.165, 1.54) is 5.56 Å². The van der Waals surface area contributed by atoms with Gasteiger partial charge in [0.25, 0.3) is 0 Å². The summed E-state index contributed by atoms with van der Waals surface area (Å²) in [5.74, 6) is 0.742. The Balaban J connectivity index is 1.30. The monoisotopic (exact) mass is 369 g/mol. The molecule has 0 unspecified atom stereocenters. The minimum atomic E-state index is 0.742. The predicted molar refractivity (Wildman–Crippen MR) is 104 cm³/mol. The fourth-order valence-electron chi connectivity index (χ4n) is 3.45. The maximum Gasteiger partial charge on any atom is 0.160 e. The van der Waals surface area contributed by atoms with E-state index in [1.54, 1.807) is 12.4 Å². The van der Waals surface area contributed by atoms with E-state index in [1.807, 2.05) is 59.5 Å². The first-order valence-electron chi connectivity index (χ1n) is 9.29. The molecule has 1 aliphatic heterocycles. The first-order valence-corrected chi connectivity index (χ1v) is 9.29. The predicted octanol–water partition coefficient (Wildman–Crippen LogP) is 2.68. The van der Waals surface area contributed by atoms with Gasteiger partial charge in [-0.2, -0.15) is 0 Å². The molecule has 0 bridgehead atoms. The van der Waals surface area contributed by atoms with Crippen molar-refractivity contribution in [2.45, 2.75) is 19.5 Å². The number of aromatic nitrogens is 6. The van der Waals surface area contributed by atoms with Gasteiger partial charge in [0, 0.05) is 55.8 Å². The van der Waals surface area contributed by atoms with Crippen LogP contribution >= 0.6 is 0 Å². The van der Waals surface area contributed by atoms with Gasteiger partial charge in [0.15, 0.2) is 5.82 Å². The summed E-state index contributed by atoms with van der Waals surface area (Å²) in [5.41, 5.74) is 5.22. The van der Waals surface area contributed by atoms with Gasteiger partial charge in [-0.1, -0.05) is 23.4 Å². The van der Waals surface area contributed by atoms with Gasteiger partial charge in [0.2, 0.25) is 0 Å². The molecule has 138 valence electrons. The fourth-order valence-corrected chi connectivity index (χ4v) is 3.45. The summed E-state index contributed by atoms with van der Waals surface area (Å²) >= 11 is 0. The summed E-state index contributed by atoms with van der Waals surface area (Å²) in [5, 5.41) is 8.58. The second-order valence-corrected chi connectivity index (χ2v) is 6.86. The molecule has 0 spiro atoms. The number of para-hydroxylation sites is 1. The van der Waals surface area contributed by atoms with Gasteiger partial charge < -0.3 is 0 Å². The molecule has 7 heteroatoms. The van der Waals surface area contributed by atoms with Crippen LogP contribution in [0.25, 0.3) is 17.1 Å². The average Bonchev–Trinajstić information content (AvgIpc) is 3.23. The molecule has 0 fully saturated rings. The van der Waals surface area contributed by atoms with Gasteiger partial charge >= 0.3 is 0 Å². The first kappa shape index (κ1) is 16.7. The number of benzene rings is 1. The van der Waals surface area contributed by atoms with E-state index in [4.69, 9.17) is 4.98 Å². The smallest absolute Gasteiger partial charge is 0.160 e. The minimum absolute atomic E-state index is 0.742. The van der Waals surface area contributed by atoms with Crippen LogP contribution in [0.2, 0.25) is 0 Å². The van der Waals surface area contributed by atoms with Crippen molar-refractivity contribution in [3.8, 4) is 17.1 Å². The maximum atomic E-state index is 4.76. The van der Waals surface area contributed by atoms with Crippen LogP contribution in [-0.2, 0) is 19.5 Å². The van der Waals surface area contributed by atoms with E-state index < -0.39 is 0 Å². The Hall–Kier alpha value is -3.45. The van der Waals surface area contributed by atoms with E-state index in [-0.39, 0.29) is 0 Å². The largest absolute Gasteiger partial charge is 0.293 e. The lowest BCUT2D eigenvalue weighted by molar-refractivity contribution is 0.240. The highest BCUT2D eigenvalue weighted by Gasteiger charge is 2.20. The van der Waals surface area contributed by atoms with Crippen LogP contribution in [0.4, 0.5) is 0 Å².